The number of methoxy groups -OCH3 is 1. The Kier molecular flexibility index (Phi) is 4.58. The third kappa shape index (κ3) is 3.35. The van der Waals surface area contributed by atoms with E-state index in [9.17, 15) is 4.79 Å². The molecule has 0 saturated carbocycles. The van der Waals surface area contributed by atoms with E-state index in [2.05, 4.69) is 20.6 Å². The number of hydrogen-bond donors (Lipinski definition) is 1. The Labute approximate surface area is 133 Å². The van der Waals surface area contributed by atoms with E-state index in [1.807, 2.05) is 36.4 Å². The molecule has 0 saturated heterocycles. The van der Waals surface area contributed by atoms with E-state index >= 15 is 0 Å². The minimum absolute atomic E-state index is 0.176. The van der Waals surface area contributed by atoms with E-state index < -0.39 is 0 Å². The Bertz CT molecular complexity index is 801. The average molecular weight is 311 g/mol. The lowest BCUT2D eigenvalue weighted by atomic mass is 10.1. The maximum atomic E-state index is 12.2. The molecule has 0 aliphatic carbocycles. The van der Waals surface area contributed by atoms with Crippen LogP contribution in [0.15, 0.2) is 42.5 Å². The smallest absolute Gasteiger partial charge is 0.291 e. The van der Waals surface area contributed by atoms with Crippen LogP contribution in [0.2, 0.25) is 0 Å². The predicted molar refractivity (Wildman–Crippen MR) is 85.0 cm³/mol. The van der Waals surface area contributed by atoms with Crippen LogP contribution in [-0.4, -0.2) is 46.0 Å². The second kappa shape index (κ2) is 6.97. The third-order valence-electron chi connectivity index (χ3n) is 3.35. The van der Waals surface area contributed by atoms with E-state index in [-0.39, 0.29) is 11.7 Å². The molecule has 2 aromatic heterocycles. The molecule has 0 fully saturated rings. The number of nitrogens with one attached hydrogen (secondary N) is 1. The Balaban J connectivity index is 1.85. The summed E-state index contributed by atoms with van der Waals surface area (Å²) in [5.41, 5.74) is 2.26. The molecule has 1 aromatic carbocycles. The molecule has 118 valence electrons. The van der Waals surface area contributed by atoms with Crippen LogP contribution >= 0.6 is 0 Å². The van der Waals surface area contributed by atoms with Crippen molar-refractivity contribution in [2.24, 2.45) is 0 Å². The van der Waals surface area contributed by atoms with Crippen LogP contribution < -0.4 is 5.32 Å². The van der Waals surface area contributed by atoms with Crippen LogP contribution in [-0.2, 0) is 4.74 Å². The van der Waals surface area contributed by atoms with Gasteiger partial charge in [-0.1, -0.05) is 30.3 Å². The van der Waals surface area contributed by atoms with Crippen molar-refractivity contribution in [3.05, 3.63) is 48.3 Å². The largest absolute Gasteiger partial charge is 0.385 e. The standard InChI is InChI=1S/C16H17N5O2/c1-23-11-5-10-17-16(22)15-19-18-14-9-8-13(20-21(14)15)12-6-3-2-4-7-12/h2-4,6-9H,5,10-11H2,1H3,(H,17,22). The number of carbonyl (C=O) groups excluding carboxylic acids is 1. The van der Waals surface area contributed by atoms with Crippen molar-refractivity contribution < 1.29 is 9.53 Å². The first kappa shape index (κ1) is 15.1. The molecule has 0 unspecified atom stereocenters. The van der Waals surface area contributed by atoms with E-state index in [1.165, 1.54) is 4.52 Å². The Hall–Kier alpha value is -2.80. The Morgan fingerprint density at radius 3 is 2.78 bits per heavy atom. The van der Waals surface area contributed by atoms with Gasteiger partial charge in [0, 0.05) is 25.8 Å². The number of ether oxygens (including phenoxy) is 1. The van der Waals surface area contributed by atoms with Crippen LogP contribution in [0.5, 0.6) is 0 Å². The van der Waals surface area contributed by atoms with Crippen molar-refractivity contribution in [1.82, 2.24) is 25.1 Å². The summed E-state index contributed by atoms with van der Waals surface area (Å²) in [6.07, 6.45) is 0.738. The molecule has 2 heterocycles. The maximum Gasteiger partial charge on any atom is 0.291 e. The van der Waals surface area contributed by atoms with E-state index in [1.54, 1.807) is 13.2 Å². The van der Waals surface area contributed by atoms with Gasteiger partial charge >= 0.3 is 0 Å². The molecule has 7 heteroatoms. The van der Waals surface area contributed by atoms with Crippen LogP contribution in [0.3, 0.4) is 0 Å². The molecule has 23 heavy (non-hydrogen) atoms. The average Bonchev–Trinajstić information content (AvgIpc) is 3.02. The minimum Gasteiger partial charge on any atom is -0.385 e. The quantitative estimate of drug-likeness (QED) is 0.699. The van der Waals surface area contributed by atoms with Crippen molar-refractivity contribution in [2.45, 2.75) is 6.42 Å². The number of benzene rings is 1. The topological polar surface area (TPSA) is 81.4 Å². The van der Waals surface area contributed by atoms with Gasteiger partial charge in [-0.15, -0.1) is 10.2 Å². The summed E-state index contributed by atoms with van der Waals surface area (Å²) in [5.74, 6) is -0.124. The number of aromatic nitrogens is 4. The van der Waals surface area contributed by atoms with Gasteiger partial charge in [-0.05, 0) is 18.6 Å². The lowest BCUT2D eigenvalue weighted by Crippen LogP contribution is -2.27. The Morgan fingerprint density at radius 2 is 2.00 bits per heavy atom. The molecule has 1 N–H and O–H groups in total. The molecule has 1 amide bonds. The number of amides is 1. The molecule has 3 aromatic rings. The number of nitrogens with zero attached hydrogens (tertiary/aromatic N) is 4. The maximum absolute atomic E-state index is 12.2. The van der Waals surface area contributed by atoms with Gasteiger partial charge in [0.1, 0.15) is 0 Å². The summed E-state index contributed by atoms with van der Waals surface area (Å²) in [6.45, 7) is 1.11. The second-order valence-corrected chi connectivity index (χ2v) is 4.98. The van der Waals surface area contributed by atoms with Gasteiger partial charge in [-0.2, -0.15) is 9.61 Å². The first-order chi connectivity index (χ1) is 11.3. The SMILES string of the molecule is COCCCNC(=O)c1nnc2ccc(-c3ccccc3)nn12. The fraction of sp³-hybridized carbons (Fsp3) is 0.250. The summed E-state index contributed by atoms with van der Waals surface area (Å²) in [4.78, 5) is 12.2. The zero-order chi connectivity index (χ0) is 16.1. The lowest BCUT2D eigenvalue weighted by Gasteiger charge is -2.04. The highest BCUT2D eigenvalue weighted by molar-refractivity contribution is 5.91. The molecule has 3 rings (SSSR count). The number of rotatable bonds is 6. The lowest BCUT2D eigenvalue weighted by molar-refractivity contribution is 0.0936. The Morgan fingerprint density at radius 1 is 1.17 bits per heavy atom. The van der Waals surface area contributed by atoms with Crippen molar-refractivity contribution in [3.63, 3.8) is 0 Å². The highest BCUT2D eigenvalue weighted by Gasteiger charge is 2.15. The van der Waals surface area contributed by atoms with Crippen LogP contribution in [0.1, 0.15) is 17.0 Å². The fourth-order valence-electron chi connectivity index (χ4n) is 2.19. The van der Waals surface area contributed by atoms with Crippen molar-refractivity contribution in [2.75, 3.05) is 20.3 Å². The number of fused-ring (bicyclic) bond motifs is 1. The molecule has 0 atom stereocenters. The summed E-state index contributed by atoms with van der Waals surface area (Å²) in [5, 5.41) is 15.2. The monoisotopic (exact) mass is 311 g/mol. The van der Waals surface area contributed by atoms with Gasteiger partial charge in [0.05, 0.1) is 5.69 Å². The summed E-state index contributed by atoms with van der Waals surface area (Å²) >= 11 is 0. The predicted octanol–water partition coefficient (Wildman–Crippen LogP) is 1.56. The first-order valence-electron chi connectivity index (χ1n) is 7.34. The number of hydrogen-bond acceptors (Lipinski definition) is 5. The normalized spacial score (nSPS) is 10.8. The molecular formula is C16H17N5O2. The van der Waals surface area contributed by atoms with Gasteiger partial charge in [0.25, 0.3) is 5.91 Å². The molecular weight excluding hydrogens is 294 g/mol. The highest BCUT2D eigenvalue weighted by Crippen LogP contribution is 2.16. The van der Waals surface area contributed by atoms with Gasteiger partial charge in [0.15, 0.2) is 5.65 Å². The minimum atomic E-state index is -0.300. The van der Waals surface area contributed by atoms with Crippen LogP contribution in [0, 0.1) is 0 Å². The van der Waals surface area contributed by atoms with Crippen molar-refractivity contribution >= 4 is 11.6 Å². The molecule has 7 nitrogen and oxygen atoms in total. The van der Waals surface area contributed by atoms with Gasteiger partial charge in [-0.25, -0.2) is 0 Å². The molecule has 0 spiro atoms. The van der Waals surface area contributed by atoms with E-state index in [4.69, 9.17) is 4.74 Å². The van der Waals surface area contributed by atoms with E-state index in [0.717, 1.165) is 17.7 Å². The summed E-state index contributed by atoms with van der Waals surface area (Å²) < 4.78 is 6.42. The fourth-order valence-corrected chi connectivity index (χ4v) is 2.19. The molecule has 0 bridgehead atoms. The van der Waals surface area contributed by atoms with Crippen molar-refractivity contribution in [3.8, 4) is 11.3 Å². The highest BCUT2D eigenvalue weighted by atomic mass is 16.5. The van der Waals surface area contributed by atoms with Gasteiger partial charge < -0.3 is 10.1 Å². The van der Waals surface area contributed by atoms with Crippen LogP contribution in [0.25, 0.3) is 16.9 Å². The summed E-state index contributed by atoms with van der Waals surface area (Å²) in [7, 11) is 1.63. The zero-order valence-corrected chi connectivity index (χ0v) is 12.8. The second-order valence-electron chi connectivity index (χ2n) is 4.98. The van der Waals surface area contributed by atoms with E-state index in [0.29, 0.717) is 18.8 Å². The van der Waals surface area contributed by atoms with Crippen LogP contribution in [0.4, 0.5) is 0 Å². The molecule has 0 aliphatic rings. The summed E-state index contributed by atoms with van der Waals surface area (Å²) in [6, 6.07) is 13.4. The van der Waals surface area contributed by atoms with Gasteiger partial charge in [0.2, 0.25) is 5.82 Å². The molecule has 0 radical (unpaired) electrons. The number of carbonyl (C=O) groups is 1. The molecule has 0 aliphatic heterocycles. The first-order valence-corrected chi connectivity index (χ1v) is 7.34. The van der Waals surface area contributed by atoms with Crippen molar-refractivity contribution in [1.29, 1.82) is 0 Å². The zero-order valence-electron chi connectivity index (χ0n) is 12.8. The van der Waals surface area contributed by atoms with Gasteiger partial charge in [-0.3, -0.25) is 4.79 Å². The third-order valence-corrected chi connectivity index (χ3v) is 3.35.